The van der Waals surface area contributed by atoms with Gasteiger partial charge in [0.25, 0.3) is 0 Å². The Bertz CT molecular complexity index is 280. The Balaban J connectivity index is 3.08. The topological polar surface area (TPSA) is 30.7 Å². The molecule has 0 atom stereocenters. The first-order valence-electron chi connectivity index (χ1n) is 3.56. The molecule has 1 aromatic heterocycles. The summed E-state index contributed by atoms with van der Waals surface area (Å²) >= 11 is 0. The summed E-state index contributed by atoms with van der Waals surface area (Å²) in [6.07, 6.45) is 0. The Morgan fingerprint density at radius 1 is 1.33 bits per heavy atom. The van der Waals surface area contributed by atoms with Gasteiger partial charge in [-0.1, -0.05) is 0 Å². The number of hydrogen-bond donors (Lipinski definition) is 0. The Labute approximate surface area is 67.6 Å². The predicted octanol–water partition coefficient (Wildman–Crippen LogP) is 0.661. The molecule has 0 saturated heterocycles. The molecule has 3 nitrogen and oxygen atoms in total. The van der Waals surface area contributed by atoms with Crippen LogP contribution in [0.3, 0.4) is 0 Å². The smallest absolute Gasteiger partial charge is 0.444 e. The third-order valence-electron chi connectivity index (χ3n) is 1.45. The lowest BCUT2D eigenvalue weighted by Crippen LogP contribution is -2.37. The molecule has 0 amide bonds. The van der Waals surface area contributed by atoms with Gasteiger partial charge in [-0.05, 0) is 13.8 Å². The third-order valence-corrected chi connectivity index (χ3v) is 1.45. The second-order valence-corrected chi connectivity index (χ2v) is 2.43. The van der Waals surface area contributed by atoms with E-state index in [2.05, 4.69) is 10.2 Å². The molecule has 68 valence electrons. The van der Waals surface area contributed by atoms with Gasteiger partial charge in [-0.15, -0.1) is 0 Å². The lowest BCUT2D eigenvalue weighted by molar-refractivity contribution is 0.494. The van der Waals surface area contributed by atoms with Gasteiger partial charge >= 0.3 is 6.98 Å². The zero-order valence-corrected chi connectivity index (χ0v) is 6.76. The Hall–Kier alpha value is -1.01. The Kier molecular flexibility index (Phi) is 2.12. The predicted molar refractivity (Wildman–Crippen MR) is 39.1 cm³/mol. The number of nitrogens with zero attached hydrogens (tertiary/aromatic N) is 3. The summed E-state index contributed by atoms with van der Waals surface area (Å²) in [6, 6.07) is 0. The molecule has 0 N–H and O–H groups in total. The third kappa shape index (κ3) is 1.59. The van der Waals surface area contributed by atoms with Gasteiger partial charge in [-0.3, -0.25) is 0 Å². The molecule has 0 bridgehead atoms. The SMILES string of the molecule is CCn1nc(C)c([B-](F)(F)F)n1. The minimum atomic E-state index is -5.01. The molecule has 0 aliphatic heterocycles. The monoisotopic (exact) mass is 178 g/mol. The second-order valence-electron chi connectivity index (χ2n) is 2.43. The zero-order chi connectivity index (χ0) is 9.35. The van der Waals surface area contributed by atoms with Crippen molar-refractivity contribution in [3.8, 4) is 0 Å². The fourth-order valence-electron chi connectivity index (χ4n) is 0.887. The second kappa shape index (κ2) is 2.80. The van der Waals surface area contributed by atoms with E-state index in [-0.39, 0.29) is 5.69 Å². The fraction of sp³-hybridized carbons (Fsp3) is 0.600. The van der Waals surface area contributed by atoms with E-state index in [0.29, 0.717) is 6.54 Å². The van der Waals surface area contributed by atoms with Crippen LogP contribution in [0.4, 0.5) is 12.9 Å². The number of aromatic nitrogens is 3. The van der Waals surface area contributed by atoms with Crippen molar-refractivity contribution in [3.05, 3.63) is 5.69 Å². The normalized spacial score (nSPS) is 12.1. The van der Waals surface area contributed by atoms with E-state index in [0.717, 1.165) is 4.80 Å². The standard InChI is InChI=1S/C5H8BF3N3/c1-3-12-10-4(2)5(11-12)6(7,8)9/h3H2,1-2H3/q-1. The number of aryl methyl sites for hydroxylation is 2. The average molecular weight is 178 g/mol. The van der Waals surface area contributed by atoms with Crippen molar-refractivity contribution in [2.45, 2.75) is 20.4 Å². The summed E-state index contributed by atoms with van der Waals surface area (Å²) in [5.74, 6) is 0. The number of hydrogen-bond acceptors (Lipinski definition) is 2. The van der Waals surface area contributed by atoms with Gasteiger partial charge in [0.05, 0.1) is 12.2 Å². The Morgan fingerprint density at radius 2 is 1.92 bits per heavy atom. The van der Waals surface area contributed by atoms with Crippen LogP contribution in [0, 0.1) is 6.92 Å². The highest BCUT2D eigenvalue weighted by molar-refractivity contribution is 6.73. The van der Waals surface area contributed by atoms with Crippen molar-refractivity contribution in [1.82, 2.24) is 15.0 Å². The molecular formula is C5H8BF3N3-. The van der Waals surface area contributed by atoms with Gasteiger partial charge < -0.3 is 12.9 Å². The maximum atomic E-state index is 12.1. The van der Waals surface area contributed by atoms with Gasteiger partial charge in [0, 0.05) is 5.59 Å². The highest BCUT2D eigenvalue weighted by Crippen LogP contribution is 2.08. The number of rotatable bonds is 2. The molecule has 1 rings (SSSR count). The van der Waals surface area contributed by atoms with Crippen LogP contribution in [-0.4, -0.2) is 22.0 Å². The molecule has 0 aliphatic rings. The van der Waals surface area contributed by atoms with Gasteiger partial charge in [-0.25, -0.2) is 0 Å². The lowest BCUT2D eigenvalue weighted by atomic mass is 9.85. The lowest BCUT2D eigenvalue weighted by Gasteiger charge is -2.09. The molecule has 0 unspecified atom stereocenters. The van der Waals surface area contributed by atoms with Crippen LogP contribution >= 0.6 is 0 Å². The number of halogens is 3. The highest BCUT2D eigenvalue weighted by Gasteiger charge is 2.31. The minimum absolute atomic E-state index is 0.0515. The fourth-order valence-corrected chi connectivity index (χ4v) is 0.887. The molecule has 0 aromatic carbocycles. The van der Waals surface area contributed by atoms with Crippen LogP contribution in [0.5, 0.6) is 0 Å². The van der Waals surface area contributed by atoms with E-state index in [9.17, 15) is 12.9 Å². The summed E-state index contributed by atoms with van der Waals surface area (Å²) in [7, 11) is 0. The van der Waals surface area contributed by atoms with Crippen molar-refractivity contribution >= 4 is 12.6 Å². The van der Waals surface area contributed by atoms with E-state index < -0.39 is 12.6 Å². The summed E-state index contributed by atoms with van der Waals surface area (Å²) in [6.45, 7) is -1.66. The summed E-state index contributed by atoms with van der Waals surface area (Å²) in [4.78, 5) is 1.04. The molecule has 0 fully saturated rings. The maximum absolute atomic E-state index is 12.1. The molecule has 0 saturated carbocycles. The molecule has 7 heteroatoms. The van der Waals surface area contributed by atoms with Gasteiger partial charge in [-0.2, -0.15) is 15.0 Å². The van der Waals surface area contributed by atoms with E-state index in [1.165, 1.54) is 6.92 Å². The van der Waals surface area contributed by atoms with E-state index >= 15 is 0 Å². The first-order chi connectivity index (χ1) is 5.45. The van der Waals surface area contributed by atoms with Gasteiger partial charge in [0.2, 0.25) is 0 Å². The van der Waals surface area contributed by atoms with Crippen LogP contribution in [0.2, 0.25) is 0 Å². The maximum Gasteiger partial charge on any atom is 0.531 e. The minimum Gasteiger partial charge on any atom is -0.444 e. The zero-order valence-electron chi connectivity index (χ0n) is 6.76. The molecular weight excluding hydrogens is 170 g/mol. The van der Waals surface area contributed by atoms with Crippen molar-refractivity contribution in [2.75, 3.05) is 0 Å². The van der Waals surface area contributed by atoms with Crippen molar-refractivity contribution in [2.24, 2.45) is 0 Å². The molecule has 0 spiro atoms. The van der Waals surface area contributed by atoms with E-state index in [1.54, 1.807) is 6.92 Å². The quantitative estimate of drug-likeness (QED) is 0.622. The molecule has 0 aliphatic carbocycles. The van der Waals surface area contributed by atoms with Crippen LogP contribution in [0.1, 0.15) is 12.6 Å². The van der Waals surface area contributed by atoms with Crippen LogP contribution in [0.15, 0.2) is 0 Å². The molecule has 1 heterocycles. The van der Waals surface area contributed by atoms with Crippen molar-refractivity contribution < 1.29 is 12.9 Å². The Morgan fingerprint density at radius 3 is 2.17 bits per heavy atom. The van der Waals surface area contributed by atoms with Crippen molar-refractivity contribution in [1.29, 1.82) is 0 Å². The van der Waals surface area contributed by atoms with Crippen molar-refractivity contribution in [3.63, 3.8) is 0 Å². The molecule has 12 heavy (non-hydrogen) atoms. The summed E-state index contributed by atoms with van der Waals surface area (Å²) < 4.78 is 36.4. The van der Waals surface area contributed by atoms with E-state index in [1.807, 2.05) is 0 Å². The highest BCUT2D eigenvalue weighted by atomic mass is 19.4. The van der Waals surface area contributed by atoms with Gasteiger partial charge in [0.1, 0.15) is 0 Å². The average Bonchev–Trinajstić information content (AvgIpc) is 2.29. The molecule has 1 aromatic rings. The summed E-state index contributed by atoms with van der Waals surface area (Å²) in [5, 5.41) is 6.90. The van der Waals surface area contributed by atoms with E-state index in [4.69, 9.17) is 0 Å². The summed E-state index contributed by atoms with van der Waals surface area (Å²) in [5.41, 5.74) is -0.888. The van der Waals surface area contributed by atoms with Crippen LogP contribution in [-0.2, 0) is 6.54 Å². The first-order valence-corrected chi connectivity index (χ1v) is 3.56. The largest absolute Gasteiger partial charge is 0.531 e. The first kappa shape index (κ1) is 9.09. The molecule has 0 radical (unpaired) electrons. The van der Waals surface area contributed by atoms with Gasteiger partial charge in [0.15, 0.2) is 0 Å². The van der Waals surface area contributed by atoms with Crippen LogP contribution < -0.4 is 5.59 Å². The van der Waals surface area contributed by atoms with Crippen LogP contribution in [0.25, 0.3) is 0 Å².